The van der Waals surface area contributed by atoms with Crippen LogP contribution in [-0.2, 0) is 23.6 Å². The SMILES string of the molecule is Cc1c(S(=O)(=O)N2CCN(Cc3cccc(Cl)c3)CC2)cnn1C. The average Bonchev–Trinajstić information content (AvgIpc) is 2.88. The van der Waals surface area contributed by atoms with E-state index < -0.39 is 10.0 Å². The number of aromatic nitrogens is 2. The Kier molecular flexibility index (Phi) is 4.96. The number of sulfonamides is 1. The van der Waals surface area contributed by atoms with Crippen molar-refractivity contribution in [1.82, 2.24) is 19.0 Å². The van der Waals surface area contributed by atoms with Crippen molar-refractivity contribution in [2.75, 3.05) is 26.2 Å². The number of hydrogen-bond acceptors (Lipinski definition) is 4. The summed E-state index contributed by atoms with van der Waals surface area (Å²) in [6.07, 6.45) is 1.43. The van der Waals surface area contributed by atoms with E-state index in [2.05, 4.69) is 10.00 Å². The lowest BCUT2D eigenvalue weighted by Gasteiger charge is -2.33. The van der Waals surface area contributed by atoms with Crippen molar-refractivity contribution in [3.63, 3.8) is 0 Å². The average molecular weight is 369 g/mol. The van der Waals surface area contributed by atoms with Gasteiger partial charge in [-0.05, 0) is 24.6 Å². The van der Waals surface area contributed by atoms with Gasteiger partial charge >= 0.3 is 0 Å². The summed E-state index contributed by atoms with van der Waals surface area (Å²) in [5.41, 5.74) is 1.80. The van der Waals surface area contributed by atoms with E-state index in [1.165, 1.54) is 6.20 Å². The largest absolute Gasteiger partial charge is 0.296 e. The van der Waals surface area contributed by atoms with Gasteiger partial charge in [-0.1, -0.05) is 23.7 Å². The van der Waals surface area contributed by atoms with Gasteiger partial charge in [0.15, 0.2) is 0 Å². The second kappa shape index (κ2) is 6.84. The molecule has 6 nitrogen and oxygen atoms in total. The molecule has 1 aliphatic heterocycles. The van der Waals surface area contributed by atoms with Gasteiger partial charge in [0.05, 0.1) is 11.9 Å². The molecule has 130 valence electrons. The first-order chi connectivity index (χ1) is 11.4. The highest BCUT2D eigenvalue weighted by molar-refractivity contribution is 7.89. The topological polar surface area (TPSA) is 58.4 Å². The summed E-state index contributed by atoms with van der Waals surface area (Å²) in [5, 5.41) is 4.77. The highest BCUT2D eigenvalue weighted by Gasteiger charge is 2.30. The van der Waals surface area contributed by atoms with Gasteiger partial charge < -0.3 is 0 Å². The number of nitrogens with zero attached hydrogens (tertiary/aromatic N) is 4. The van der Waals surface area contributed by atoms with Crippen LogP contribution < -0.4 is 0 Å². The molecule has 1 fully saturated rings. The molecule has 2 heterocycles. The van der Waals surface area contributed by atoms with Gasteiger partial charge in [0, 0.05) is 44.8 Å². The minimum Gasteiger partial charge on any atom is -0.296 e. The zero-order chi connectivity index (χ0) is 17.3. The molecule has 0 amide bonds. The van der Waals surface area contributed by atoms with E-state index in [1.54, 1.807) is 23.0 Å². The molecule has 1 aromatic heterocycles. The first kappa shape index (κ1) is 17.4. The van der Waals surface area contributed by atoms with Gasteiger partial charge in [0.25, 0.3) is 0 Å². The molecule has 3 rings (SSSR count). The highest BCUT2D eigenvalue weighted by atomic mass is 35.5. The smallest absolute Gasteiger partial charge is 0.246 e. The number of piperazine rings is 1. The maximum atomic E-state index is 12.8. The van der Waals surface area contributed by atoms with Crippen molar-refractivity contribution >= 4 is 21.6 Å². The van der Waals surface area contributed by atoms with Crippen molar-refractivity contribution in [2.24, 2.45) is 7.05 Å². The molecular weight excluding hydrogens is 348 g/mol. The van der Waals surface area contributed by atoms with Crippen LogP contribution in [-0.4, -0.2) is 53.6 Å². The summed E-state index contributed by atoms with van der Waals surface area (Å²) in [7, 11) is -1.73. The molecule has 1 aliphatic rings. The first-order valence-electron chi connectivity index (χ1n) is 7.83. The normalized spacial score (nSPS) is 17.3. The molecule has 24 heavy (non-hydrogen) atoms. The maximum absolute atomic E-state index is 12.8. The van der Waals surface area contributed by atoms with E-state index in [0.717, 1.165) is 17.1 Å². The van der Waals surface area contributed by atoms with Crippen molar-refractivity contribution < 1.29 is 8.42 Å². The van der Waals surface area contributed by atoms with E-state index in [1.807, 2.05) is 24.3 Å². The summed E-state index contributed by atoms with van der Waals surface area (Å²) in [6.45, 7) is 4.92. The molecule has 0 bridgehead atoms. The number of rotatable bonds is 4. The molecular formula is C16H21ClN4O2S. The lowest BCUT2D eigenvalue weighted by molar-refractivity contribution is 0.181. The molecule has 1 aromatic carbocycles. The van der Waals surface area contributed by atoms with Crippen molar-refractivity contribution in [1.29, 1.82) is 0 Å². The minimum atomic E-state index is -3.47. The summed E-state index contributed by atoms with van der Waals surface area (Å²) in [6, 6.07) is 7.77. The summed E-state index contributed by atoms with van der Waals surface area (Å²) < 4.78 is 28.7. The third kappa shape index (κ3) is 3.49. The van der Waals surface area contributed by atoms with E-state index >= 15 is 0 Å². The third-order valence-corrected chi connectivity index (χ3v) is 6.67. The fourth-order valence-electron chi connectivity index (χ4n) is 2.89. The quantitative estimate of drug-likeness (QED) is 0.826. The lowest BCUT2D eigenvalue weighted by atomic mass is 10.2. The fraction of sp³-hybridized carbons (Fsp3) is 0.438. The molecule has 8 heteroatoms. The highest BCUT2D eigenvalue weighted by Crippen LogP contribution is 2.21. The number of hydrogen-bond donors (Lipinski definition) is 0. The molecule has 0 N–H and O–H groups in total. The standard InChI is InChI=1S/C16H21ClN4O2S/c1-13-16(11-18-19(13)2)24(22,23)21-8-6-20(7-9-21)12-14-4-3-5-15(17)10-14/h3-5,10-11H,6-9,12H2,1-2H3. The predicted octanol–water partition coefficient (Wildman–Crippen LogP) is 1.89. The Morgan fingerprint density at radius 1 is 1.21 bits per heavy atom. The van der Waals surface area contributed by atoms with Gasteiger partial charge in [-0.25, -0.2) is 8.42 Å². The van der Waals surface area contributed by atoms with Crippen LogP contribution in [0.3, 0.4) is 0 Å². The van der Waals surface area contributed by atoms with E-state index in [9.17, 15) is 8.42 Å². The Morgan fingerprint density at radius 3 is 2.50 bits per heavy atom. The maximum Gasteiger partial charge on any atom is 0.246 e. The summed E-state index contributed by atoms with van der Waals surface area (Å²) in [4.78, 5) is 2.54. The minimum absolute atomic E-state index is 0.299. The van der Waals surface area contributed by atoms with Gasteiger partial charge in [0.1, 0.15) is 4.90 Å². The van der Waals surface area contributed by atoms with E-state index in [-0.39, 0.29) is 0 Å². The van der Waals surface area contributed by atoms with Gasteiger partial charge in [0.2, 0.25) is 10.0 Å². The van der Waals surface area contributed by atoms with Gasteiger partial charge in [-0.3, -0.25) is 9.58 Å². The van der Waals surface area contributed by atoms with Crippen LogP contribution in [0.1, 0.15) is 11.3 Å². The van der Waals surface area contributed by atoms with Crippen LogP contribution in [0.4, 0.5) is 0 Å². The van der Waals surface area contributed by atoms with Crippen LogP contribution >= 0.6 is 11.6 Å². The number of aryl methyl sites for hydroxylation is 1. The second-order valence-electron chi connectivity index (χ2n) is 6.03. The predicted molar refractivity (Wildman–Crippen MR) is 93.4 cm³/mol. The number of halogens is 1. The zero-order valence-corrected chi connectivity index (χ0v) is 15.4. The Bertz CT molecular complexity index is 826. The second-order valence-corrected chi connectivity index (χ2v) is 8.37. The first-order valence-corrected chi connectivity index (χ1v) is 9.65. The van der Waals surface area contributed by atoms with Crippen LogP contribution in [0, 0.1) is 6.92 Å². The van der Waals surface area contributed by atoms with Gasteiger partial charge in [-0.2, -0.15) is 9.40 Å². The van der Waals surface area contributed by atoms with E-state index in [4.69, 9.17) is 11.6 Å². The zero-order valence-electron chi connectivity index (χ0n) is 13.8. The van der Waals surface area contributed by atoms with Crippen LogP contribution in [0.15, 0.2) is 35.4 Å². The van der Waals surface area contributed by atoms with Crippen LogP contribution in [0.2, 0.25) is 5.02 Å². The molecule has 0 unspecified atom stereocenters. The Morgan fingerprint density at radius 2 is 1.92 bits per heavy atom. The van der Waals surface area contributed by atoms with Crippen molar-refractivity contribution in [3.8, 4) is 0 Å². The molecule has 2 aromatic rings. The third-order valence-electron chi connectivity index (χ3n) is 4.43. The van der Waals surface area contributed by atoms with Crippen LogP contribution in [0.5, 0.6) is 0 Å². The van der Waals surface area contributed by atoms with Crippen LogP contribution in [0.25, 0.3) is 0 Å². The van der Waals surface area contributed by atoms with Crippen molar-refractivity contribution in [3.05, 3.63) is 46.7 Å². The Hall–Kier alpha value is -1.41. The number of benzene rings is 1. The Labute approximate surface area is 147 Å². The summed E-state index contributed by atoms with van der Waals surface area (Å²) in [5.74, 6) is 0. The summed E-state index contributed by atoms with van der Waals surface area (Å²) >= 11 is 6.02. The van der Waals surface area contributed by atoms with Gasteiger partial charge in [-0.15, -0.1) is 0 Å². The molecule has 0 saturated carbocycles. The molecule has 1 saturated heterocycles. The fourth-order valence-corrected chi connectivity index (χ4v) is 4.71. The molecule has 0 spiro atoms. The van der Waals surface area contributed by atoms with Crippen molar-refractivity contribution in [2.45, 2.75) is 18.4 Å². The monoisotopic (exact) mass is 368 g/mol. The molecule has 0 atom stereocenters. The van der Waals surface area contributed by atoms with E-state index in [0.29, 0.717) is 36.8 Å². The Balaban J connectivity index is 1.65. The lowest BCUT2D eigenvalue weighted by Crippen LogP contribution is -2.48. The molecule has 0 aliphatic carbocycles. The molecule has 0 radical (unpaired) electrons.